The summed E-state index contributed by atoms with van der Waals surface area (Å²) >= 11 is 0. The van der Waals surface area contributed by atoms with Crippen LogP contribution in [0.25, 0.3) is 11.0 Å². The monoisotopic (exact) mass is 219 g/mol. The number of aliphatic hydroxyl groups is 1. The molecule has 0 amide bonds. The molecule has 82 valence electrons. The van der Waals surface area contributed by atoms with Gasteiger partial charge in [-0.1, -0.05) is 6.07 Å². The summed E-state index contributed by atoms with van der Waals surface area (Å²) < 4.78 is 0. The molecule has 0 saturated carbocycles. The number of hydrogen-bond donors (Lipinski definition) is 3. The maximum absolute atomic E-state index is 10.6. The Morgan fingerprint density at radius 3 is 2.81 bits per heavy atom. The molecule has 0 aliphatic carbocycles. The number of nitrogens with zero attached hydrogens (tertiary/aromatic N) is 2. The second kappa shape index (κ2) is 3.74. The standard InChI is InChI=1S/C10H9N3O3/c11-8-4-12-7-3-5(9(14)10(15)16)1-2-6(7)13-8/h1-4,9,14H,(H2,11,13)(H,15,16). The number of aliphatic carboxylic acids is 1. The molecular formula is C10H9N3O3. The van der Waals surface area contributed by atoms with Crippen molar-refractivity contribution in [3.8, 4) is 0 Å². The molecule has 0 saturated heterocycles. The quantitative estimate of drug-likeness (QED) is 0.671. The smallest absolute Gasteiger partial charge is 0.337 e. The van der Waals surface area contributed by atoms with Crippen molar-refractivity contribution in [2.24, 2.45) is 0 Å². The number of hydrogen-bond acceptors (Lipinski definition) is 5. The van der Waals surface area contributed by atoms with E-state index in [1.165, 1.54) is 18.3 Å². The third kappa shape index (κ3) is 1.78. The molecule has 2 rings (SSSR count). The van der Waals surface area contributed by atoms with E-state index < -0.39 is 12.1 Å². The van der Waals surface area contributed by atoms with Gasteiger partial charge in [-0.05, 0) is 17.7 Å². The van der Waals surface area contributed by atoms with Gasteiger partial charge in [0.25, 0.3) is 0 Å². The van der Waals surface area contributed by atoms with E-state index in [1.54, 1.807) is 6.07 Å². The Morgan fingerprint density at radius 1 is 1.38 bits per heavy atom. The second-order valence-corrected chi connectivity index (χ2v) is 3.28. The van der Waals surface area contributed by atoms with Crippen molar-refractivity contribution in [1.29, 1.82) is 0 Å². The predicted octanol–water partition coefficient (Wildman–Crippen LogP) is 0.330. The number of benzene rings is 1. The molecule has 1 heterocycles. The van der Waals surface area contributed by atoms with Crippen LogP contribution in [-0.2, 0) is 4.79 Å². The molecular weight excluding hydrogens is 210 g/mol. The minimum Gasteiger partial charge on any atom is -0.479 e. The first-order valence-electron chi connectivity index (χ1n) is 4.51. The van der Waals surface area contributed by atoms with Gasteiger partial charge in [0, 0.05) is 0 Å². The first-order chi connectivity index (χ1) is 7.58. The average Bonchev–Trinajstić information content (AvgIpc) is 2.27. The minimum atomic E-state index is -1.55. The molecule has 0 bridgehead atoms. The van der Waals surface area contributed by atoms with Crippen LogP contribution in [0, 0.1) is 0 Å². The highest BCUT2D eigenvalue weighted by Gasteiger charge is 2.16. The van der Waals surface area contributed by atoms with Crippen molar-refractivity contribution in [1.82, 2.24) is 9.97 Å². The Morgan fingerprint density at radius 2 is 2.12 bits per heavy atom. The highest BCUT2D eigenvalue weighted by molar-refractivity contribution is 5.80. The first-order valence-corrected chi connectivity index (χ1v) is 4.51. The highest BCUT2D eigenvalue weighted by Crippen LogP contribution is 2.18. The van der Waals surface area contributed by atoms with Gasteiger partial charge in [-0.25, -0.2) is 9.78 Å². The number of fused-ring (bicyclic) bond motifs is 1. The maximum Gasteiger partial charge on any atom is 0.337 e. The number of carboxylic acid groups (broad SMARTS) is 1. The molecule has 4 N–H and O–H groups in total. The maximum atomic E-state index is 10.6. The van der Waals surface area contributed by atoms with E-state index in [0.29, 0.717) is 16.9 Å². The Balaban J connectivity index is 2.52. The average molecular weight is 219 g/mol. The third-order valence-corrected chi connectivity index (χ3v) is 2.13. The molecule has 1 unspecified atom stereocenters. The van der Waals surface area contributed by atoms with Gasteiger partial charge in [0.1, 0.15) is 5.82 Å². The van der Waals surface area contributed by atoms with E-state index in [0.717, 1.165) is 0 Å². The molecule has 0 radical (unpaired) electrons. The van der Waals surface area contributed by atoms with Crippen LogP contribution in [0.15, 0.2) is 24.4 Å². The van der Waals surface area contributed by atoms with Crippen LogP contribution in [0.3, 0.4) is 0 Å². The van der Waals surface area contributed by atoms with Crippen LogP contribution in [0.2, 0.25) is 0 Å². The van der Waals surface area contributed by atoms with Crippen molar-refractivity contribution >= 4 is 22.8 Å². The number of nitrogen functional groups attached to an aromatic ring is 1. The van der Waals surface area contributed by atoms with Gasteiger partial charge in [0.15, 0.2) is 6.10 Å². The number of anilines is 1. The molecule has 1 atom stereocenters. The largest absolute Gasteiger partial charge is 0.479 e. The molecule has 0 aliphatic rings. The van der Waals surface area contributed by atoms with Crippen LogP contribution in [-0.4, -0.2) is 26.2 Å². The molecule has 2 aromatic rings. The molecule has 1 aromatic heterocycles. The number of nitrogens with two attached hydrogens (primary N) is 1. The summed E-state index contributed by atoms with van der Waals surface area (Å²) in [6.07, 6.45) is -0.178. The van der Waals surface area contributed by atoms with E-state index in [9.17, 15) is 9.90 Å². The summed E-state index contributed by atoms with van der Waals surface area (Å²) in [7, 11) is 0. The highest BCUT2D eigenvalue weighted by atomic mass is 16.4. The molecule has 1 aromatic carbocycles. The van der Waals surface area contributed by atoms with Gasteiger partial charge in [-0.15, -0.1) is 0 Å². The van der Waals surface area contributed by atoms with Gasteiger partial charge < -0.3 is 15.9 Å². The van der Waals surface area contributed by atoms with Crippen molar-refractivity contribution in [3.05, 3.63) is 30.0 Å². The Labute approximate surface area is 90.4 Å². The van der Waals surface area contributed by atoms with Gasteiger partial charge in [-0.2, -0.15) is 0 Å². The minimum absolute atomic E-state index is 0.263. The van der Waals surface area contributed by atoms with E-state index in [1.807, 2.05) is 0 Å². The molecule has 16 heavy (non-hydrogen) atoms. The van der Waals surface area contributed by atoms with Crippen molar-refractivity contribution in [3.63, 3.8) is 0 Å². The van der Waals surface area contributed by atoms with E-state index in [2.05, 4.69) is 9.97 Å². The summed E-state index contributed by atoms with van der Waals surface area (Å²) in [5, 5.41) is 18.0. The second-order valence-electron chi connectivity index (χ2n) is 3.28. The zero-order valence-corrected chi connectivity index (χ0v) is 8.16. The summed E-state index contributed by atoms with van der Waals surface area (Å²) in [5.74, 6) is -1.01. The Bertz CT molecular complexity index is 556. The SMILES string of the molecule is Nc1cnc2cc(C(O)C(=O)O)ccc2n1. The lowest BCUT2D eigenvalue weighted by Crippen LogP contribution is -2.10. The van der Waals surface area contributed by atoms with E-state index in [-0.39, 0.29) is 5.56 Å². The topological polar surface area (TPSA) is 109 Å². The van der Waals surface area contributed by atoms with Gasteiger partial charge >= 0.3 is 5.97 Å². The number of rotatable bonds is 2. The summed E-state index contributed by atoms with van der Waals surface area (Å²) in [4.78, 5) is 18.6. The van der Waals surface area contributed by atoms with Crippen LogP contribution in [0.1, 0.15) is 11.7 Å². The number of carbonyl (C=O) groups is 1. The van der Waals surface area contributed by atoms with Crippen LogP contribution >= 0.6 is 0 Å². The zero-order valence-electron chi connectivity index (χ0n) is 8.16. The van der Waals surface area contributed by atoms with Crippen LogP contribution in [0.5, 0.6) is 0 Å². The Hall–Kier alpha value is -2.21. The Kier molecular flexibility index (Phi) is 2.41. The fourth-order valence-electron chi connectivity index (χ4n) is 1.35. The van der Waals surface area contributed by atoms with Gasteiger partial charge in [0.05, 0.1) is 17.2 Å². The normalized spacial score (nSPS) is 12.6. The van der Waals surface area contributed by atoms with E-state index in [4.69, 9.17) is 10.8 Å². The van der Waals surface area contributed by atoms with Gasteiger partial charge in [-0.3, -0.25) is 4.98 Å². The summed E-state index contributed by atoms with van der Waals surface area (Å²) in [5.41, 5.74) is 6.77. The van der Waals surface area contributed by atoms with Crippen molar-refractivity contribution in [2.45, 2.75) is 6.10 Å². The molecule has 0 fully saturated rings. The molecule has 6 heteroatoms. The molecule has 6 nitrogen and oxygen atoms in total. The van der Waals surface area contributed by atoms with E-state index >= 15 is 0 Å². The van der Waals surface area contributed by atoms with Crippen LogP contribution < -0.4 is 5.73 Å². The predicted molar refractivity (Wildman–Crippen MR) is 56.5 cm³/mol. The lowest BCUT2D eigenvalue weighted by atomic mass is 10.1. The number of carboxylic acids is 1. The van der Waals surface area contributed by atoms with Gasteiger partial charge in [0.2, 0.25) is 0 Å². The summed E-state index contributed by atoms with van der Waals surface area (Å²) in [6.45, 7) is 0. The summed E-state index contributed by atoms with van der Waals surface area (Å²) in [6, 6.07) is 4.52. The number of aromatic nitrogens is 2. The lowest BCUT2D eigenvalue weighted by Gasteiger charge is -2.06. The number of aliphatic hydroxyl groups excluding tert-OH is 1. The molecule has 0 aliphatic heterocycles. The zero-order chi connectivity index (χ0) is 11.7. The third-order valence-electron chi connectivity index (χ3n) is 2.13. The first kappa shape index (κ1) is 10.3. The van der Waals surface area contributed by atoms with Crippen molar-refractivity contribution in [2.75, 3.05) is 5.73 Å². The van der Waals surface area contributed by atoms with Crippen LogP contribution in [0.4, 0.5) is 5.82 Å². The molecule has 0 spiro atoms. The fraction of sp³-hybridized carbons (Fsp3) is 0.100. The van der Waals surface area contributed by atoms with Crippen molar-refractivity contribution < 1.29 is 15.0 Å². The lowest BCUT2D eigenvalue weighted by molar-refractivity contribution is -0.146. The fourth-order valence-corrected chi connectivity index (χ4v) is 1.35.